The van der Waals surface area contributed by atoms with Crippen LogP contribution in [0, 0.1) is 0 Å². The van der Waals surface area contributed by atoms with Crippen LogP contribution in [0.1, 0.15) is 25.7 Å². The fourth-order valence-electron chi connectivity index (χ4n) is 4.27. The van der Waals surface area contributed by atoms with Crippen molar-refractivity contribution in [3.8, 4) is 22.6 Å². The summed E-state index contributed by atoms with van der Waals surface area (Å²) in [4.78, 5) is 4.38. The van der Waals surface area contributed by atoms with Gasteiger partial charge in [0.25, 0.3) is 0 Å². The van der Waals surface area contributed by atoms with Crippen molar-refractivity contribution in [2.75, 3.05) is 32.6 Å². The summed E-state index contributed by atoms with van der Waals surface area (Å²) in [5.41, 5.74) is 3.43. The predicted octanol–water partition coefficient (Wildman–Crippen LogP) is 4.69. The average molecular weight is 437 g/mol. The minimum absolute atomic E-state index is 0.495. The number of ether oxygens (including phenoxy) is 2. The van der Waals surface area contributed by atoms with Gasteiger partial charge in [0.15, 0.2) is 11.5 Å². The molecule has 1 saturated heterocycles. The van der Waals surface area contributed by atoms with E-state index in [-0.39, 0.29) is 0 Å². The van der Waals surface area contributed by atoms with E-state index in [0.29, 0.717) is 6.04 Å². The largest absolute Gasteiger partial charge is 0.493 e. The topological polar surface area (TPSA) is 46.6 Å². The van der Waals surface area contributed by atoms with E-state index in [4.69, 9.17) is 9.47 Å². The first-order valence-electron chi connectivity index (χ1n) is 11.1. The van der Waals surface area contributed by atoms with Crippen LogP contribution in [0.15, 0.2) is 48.8 Å². The lowest BCUT2D eigenvalue weighted by Gasteiger charge is -2.28. The lowest BCUT2D eigenvalue weighted by atomic mass is 9.99. The Bertz CT molecular complexity index is 1060. The second-order valence-electron chi connectivity index (χ2n) is 8.41. The molecule has 1 saturated carbocycles. The molecule has 5 nitrogen and oxygen atoms in total. The molecule has 162 valence electrons. The number of thiol groups is 1. The maximum atomic E-state index is 5.52. The molecule has 1 aliphatic carbocycles. The molecule has 3 aromatic rings. The zero-order chi connectivity index (χ0) is 21.2. The van der Waals surface area contributed by atoms with Gasteiger partial charge in [-0.15, -0.1) is 4.31 Å². The number of piperidine rings is 1. The molecule has 1 aliphatic heterocycles. The molecule has 6 heteroatoms. The summed E-state index contributed by atoms with van der Waals surface area (Å²) in [7, 11) is 3.34. The Morgan fingerprint density at radius 3 is 2.48 bits per heavy atom. The van der Waals surface area contributed by atoms with E-state index in [1.54, 1.807) is 26.2 Å². The van der Waals surface area contributed by atoms with E-state index in [1.165, 1.54) is 49.5 Å². The van der Waals surface area contributed by atoms with Gasteiger partial charge < -0.3 is 14.8 Å². The third-order valence-corrected chi connectivity index (χ3v) is 7.75. The number of rotatable bonds is 7. The van der Waals surface area contributed by atoms with Crippen LogP contribution in [0.3, 0.4) is 0 Å². The normalized spacial score (nSPS) is 17.6. The fourth-order valence-corrected chi connectivity index (χ4v) is 5.57. The van der Waals surface area contributed by atoms with Crippen LogP contribution in [-0.2, 0) is 11.9 Å². The summed E-state index contributed by atoms with van der Waals surface area (Å²) in [6.07, 6.45) is 9.03. The van der Waals surface area contributed by atoms with Crippen LogP contribution in [-0.4, -0.2) is 47.9 Å². The van der Waals surface area contributed by atoms with Crippen LogP contribution >= 0.6 is 0 Å². The number of fused-ring (bicyclic) bond motifs is 1. The highest BCUT2D eigenvalue weighted by Gasteiger charge is 2.35. The number of hydrogen-bond donors (Lipinski definition) is 1. The molecule has 1 aromatic heterocycles. The molecule has 2 heterocycles. The van der Waals surface area contributed by atoms with E-state index >= 15 is 0 Å². The van der Waals surface area contributed by atoms with Crippen LogP contribution in [0.4, 0.5) is 5.69 Å². The molecule has 0 spiro atoms. The molecule has 5 rings (SSSR count). The number of nitrogens with zero attached hydrogens (tertiary/aromatic N) is 2. The molecule has 2 fully saturated rings. The first-order chi connectivity index (χ1) is 15.2. The van der Waals surface area contributed by atoms with Crippen molar-refractivity contribution in [2.45, 2.75) is 37.0 Å². The Labute approximate surface area is 188 Å². The van der Waals surface area contributed by atoms with Crippen molar-refractivity contribution in [1.29, 1.82) is 0 Å². The Hall–Kier alpha value is -2.44. The first kappa shape index (κ1) is 20.5. The maximum Gasteiger partial charge on any atom is 0.161 e. The van der Waals surface area contributed by atoms with Gasteiger partial charge in [0.05, 0.1) is 26.2 Å². The standard InChI is InChI=1S/C25H29N3O2S/c1-29-24-6-3-17(15-25(24)30-2)19-13-18-7-10-26-16-22(18)23(14-19)27-20-8-11-28(12-9-20)31-21-4-5-21/h3,6-7,10,13-16,20-21,27H,4-5,8-9,11-12H2,1-2H3/p+1. The highest BCUT2D eigenvalue weighted by Crippen LogP contribution is 2.36. The van der Waals surface area contributed by atoms with Crippen molar-refractivity contribution in [3.05, 3.63) is 48.8 Å². The summed E-state index contributed by atoms with van der Waals surface area (Å²) >= 11 is 1.56. The van der Waals surface area contributed by atoms with Gasteiger partial charge in [0.1, 0.15) is 5.25 Å². The van der Waals surface area contributed by atoms with Gasteiger partial charge in [0, 0.05) is 55.4 Å². The summed E-state index contributed by atoms with van der Waals surface area (Å²) < 4.78 is 13.6. The highest BCUT2D eigenvalue weighted by molar-refractivity contribution is 7.77. The smallest absolute Gasteiger partial charge is 0.161 e. The van der Waals surface area contributed by atoms with Crippen LogP contribution < -0.4 is 14.8 Å². The molecule has 0 radical (unpaired) electrons. The van der Waals surface area contributed by atoms with Crippen molar-refractivity contribution in [3.63, 3.8) is 0 Å². The number of nitrogens with one attached hydrogen (secondary N) is 1. The molecule has 0 unspecified atom stereocenters. The van der Waals surface area contributed by atoms with Gasteiger partial charge in [-0.1, -0.05) is 6.07 Å². The van der Waals surface area contributed by atoms with Crippen molar-refractivity contribution in [1.82, 2.24) is 9.29 Å². The van der Waals surface area contributed by atoms with Gasteiger partial charge in [0.2, 0.25) is 0 Å². The minimum atomic E-state index is 0.495. The quantitative estimate of drug-likeness (QED) is 0.430. The summed E-state index contributed by atoms with van der Waals surface area (Å²) in [6, 6.07) is 13.1. The number of pyridine rings is 1. The number of benzene rings is 2. The maximum absolute atomic E-state index is 5.52. The lowest BCUT2D eigenvalue weighted by Crippen LogP contribution is -2.39. The van der Waals surface area contributed by atoms with Gasteiger partial charge in [-0.25, -0.2) is 0 Å². The minimum Gasteiger partial charge on any atom is -0.493 e. The number of anilines is 1. The van der Waals surface area contributed by atoms with Crippen LogP contribution in [0.25, 0.3) is 21.9 Å². The molecule has 2 aliphatic rings. The second-order valence-corrected chi connectivity index (χ2v) is 9.94. The summed E-state index contributed by atoms with van der Waals surface area (Å²) in [5.74, 6) is 1.48. The fraction of sp³-hybridized carbons (Fsp3) is 0.400. The third-order valence-electron chi connectivity index (χ3n) is 6.18. The molecular formula is C25H30N3O2S+. The second kappa shape index (κ2) is 8.97. The van der Waals surface area contributed by atoms with E-state index in [0.717, 1.165) is 33.6 Å². The Balaban J connectivity index is 1.41. The summed E-state index contributed by atoms with van der Waals surface area (Å²) in [5, 5.41) is 7.15. The van der Waals surface area contributed by atoms with Gasteiger partial charge in [-0.2, -0.15) is 0 Å². The Morgan fingerprint density at radius 2 is 1.74 bits per heavy atom. The van der Waals surface area contributed by atoms with E-state index in [2.05, 4.69) is 38.9 Å². The lowest BCUT2D eigenvalue weighted by molar-refractivity contribution is 0.355. The van der Waals surface area contributed by atoms with Crippen LogP contribution in [0.5, 0.6) is 11.5 Å². The predicted molar refractivity (Wildman–Crippen MR) is 130 cm³/mol. The van der Waals surface area contributed by atoms with E-state index in [9.17, 15) is 0 Å². The number of hydrogen-bond acceptors (Lipinski definition) is 5. The molecule has 0 amide bonds. The van der Waals surface area contributed by atoms with Crippen molar-refractivity contribution >= 4 is 28.4 Å². The van der Waals surface area contributed by atoms with Gasteiger partial charge in [-0.3, -0.25) is 4.98 Å². The molecule has 31 heavy (non-hydrogen) atoms. The van der Waals surface area contributed by atoms with Gasteiger partial charge >= 0.3 is 0 Å². The SMILES string of the molecule is COc1ccc(-c2cc(NC3CCN([SH+]C4CC4)CC3)c3cnccc3c2)cc1OC. The van der Waals surface area contributed by atoms with E-state index < -0.39 is 0 Å². The third kappa shape index (κ3) is 4.60. The Kier molecular flexibility index (Phi) is 5.92. The zero-order valence-electron chi connectivity index (χ0n) is 18.2. The zero-order valence-corrected chi connectivity index (χ0v) is 19.1. The van der Waals surface area contributed by atoms with Crippen molar-refractivity contribution in [2.24, 2.45) is 0 Å². The first-order valence-corrected chi connectivity index (χ1v) is 12.0. The molecule has 0 atom stereocenters. The highest BCUT2D eigenvalue weighted by atomic mass is 32.2. The molecule has 1 N–H and O–H groups in total. The van der Waals surface area contributed by atoms with Crippen LogP contribution in [0.2, 0.25) is 0 Å². The monoisotopic (exact) mass is 436 g/mol. The van der Waals surface area contributed by atoms with Gasteiger partial charge in [-0.05, 0) is 59.7 Å². The summed E-state index contributed by atoms with van der Waals surface area (Å²) in [6.45, 7) is 2.36. The van der Waals surface area contributed by atoms with E-state index in [1.807, 2.05) is 24.5 Å². The average Bonchev–Trinajstić information content (AvgIpc) is 3.64. The molecule has 2 aromatic carbocycles. The Morgan fingerprint density at radius 1 is 0.935 bits per heavy atom. The molecule has 0 bridgehead atoms. The number of methoxy groups -OCH3 is 2. The number of aromatic nitrogens is 1. The molecular weight excluding hydrogens is 406 g/mol. The van der Waals surface area contributed by atoms with Crippen molar-refractivity contribution < 1.29 is 9.47 Å².